The first-order chi connectivity index (χ1) is 18.3. The fraction of sp³-hybridized carbons (Fsp3) is 0.357. The average Bonchev–Trinajstić information content (AvgIpc) is 3.08. The Morgan fingerprint density at radius 3 is 2.15 bits per heavy atom. The third-order valence-corrected chi connectivity index (χ3v) is 15.0. The predicted molar refractivity (Wildman–Crippen MR) is 157 cm³/mol. The molecule has 2 saturated heterocycles. The highest BCUT2D eigenvalue weighted by Crippen LogP contribution is 2.36. The van der Waals surface area contributed by atoms with Crippen molar-refractivity contribution in [1.82, 2.24) is 0 Å². The smallest absolute Gasteiger partial charge is 0.490 e. The van der Waals surface area contributed by atoms with Crippen molar-refractivity contribution in [2.24, 2.45) is 0 Å². The van der Waals surface area contributed by atoms with Crippen molar-refractivity contribution in [3.05, 3.63) is 103 Å². The fourth-order valence-electron chi connectivity index (χ4n) is 4.56. The van der Waals surface area contributed by atoms with Gasteiger partial charge in [-0.2, -0.15) is 0 Å². The molecule has 2 bridgehead atoms. The summed E-state index contributed by atoms with van der Waals surface area (Å²) in [5.74, 6) is 0.677. The van der Waals surface area contributed by atoms with Gasteiger partial charge in [-0.1, -0.05) is 70.0 Å². The molecule has 6 unspecified atom stereocenters. The first kappa shape index (κ1) is 31.4. The highest BCUT2D eigenvalue weighted by molar-refractivity contribution is 6.85. The van der Waals surface area contributed by atoms with E-state index in [0.717, 1.165) is 5.56 Å². The Bertz CT molecular complexity index is 1130. The van der Waals surface area contributed by atoms with Gasteiger partial charge in [0.05, 0.1) is 18.3 Å². The zero-order valence-electron chi connectivity index (χ0n) is 23.3. The molecule has 39 heavy (non-hydrogen) atoms. The largest absolute Gasteiger partial charge is 0.519 e. The summed E-state index contributed by atoms with van der Waals surface area (Å²) < 4.78 is 35.6. The minimum absolute atomic E-state index is 0.167. The van der Waals surface area contributed by atoms with Gasteiger partial charge in [0, 0.05) is 5.41 Å². The molecule has 0 aromatic heterocycles. The van der Waals surface area contributed by atoms with E-state index < -0.39 is 44.7 Å². The van der Waals surface area contributed by atoms with E-state index in [9.17, 15) is 9.59 Å². The summed E-state index contributed by atoms with van der Waals surface area (Å²) in [6.07, 6.45) is 7.64. The van der Waals surface area contributed by atoms with E-state index in [4.69, 9.17) is 26.2 Å². The Balaban J connectivity index is 1.72. The lowest BCUT2D eigenvalue weighted by molar-refractivity contribution is -0.0175. The predicted octanol–water partition coefficient (Wildman–Crippen LogP) is 4.63. The summed E-state index contributed by atoms with van der Waals surface area (Å²) in [4.78, 5) is 22.2. The van der Waals surface area contributed by atoms with E-state index >= 15 is 0 Å². The van der Waals surface area contributed by atoms with E-state index in [1.54, 1.807) is 26.0 Å². The second-order valence-corrected chi connectivity index (χ2v) is 17.1. The van der Waals surface area contributed by atoms with Gasteiger partial charge in [-0.25, -0.2) is 0 Å². The zero-order chi connectivity index (χ0) is 28.9. The van der Waals surface area contributed by atoms with Crippen molar-refractivity contribution in [3.8, 4) is 5.75 Å². The maximum absolute atomic E-state index is 11.4. The zero-order valence-corrected chi connectivity index (χ0v) is 26.3. The topological polar surface area (TPSA) is 95.8 Å². The molecule has 2 heterocycles. The number of benzene rings is 1. The van der Waals surface area contributed by atoms with E-state index in [-0.39, 0.29) is 12.0 Å². The summed E-state index contributed by atoms with van der Waals surface area (Å²) in [5, 5.41) is 0. The number of rotatable bonds is 10. The van der Waals surface area contributed by atoms with Gasteiger partial charge in [0.2, 0.25) is 0 Å². The van der Waals surface area contributed by atoms with Crippen LogP contribution in [-0.2, 0) is 26.9 Å². The molecule has 8 nitrogen and oxygen atoms in total. The van der Waals surface area contributed by atoms with Crippen LogP contribution in [0.3, 0.4) is 0 Å². The Morgan fingerprint density at radius 1 is 0.974 bits per heavy atom. The van der Waals surface area contributed by atoms with Crippen LogP contribution in [0.1, 0.15) is 40.2 Å². The Labute approximate surface area is 235 Å². The highest BCUT2D eigenvalue weighted by atomic mass is 28.5. The van der Waals surface area contributed by atoms with Gasteiger partial charge in [0.15, 0.2) is 0 Å². The van der Waals surface area contributed by atoms with Crippen molar-refractivity contribution < 1.29 is 35.8 Å². The molecule has 0 radical (unpaired) electrons. The van der Waals surface area contributed by atoms with Crippen LogP contribution in [0.25, 0.3) is 0 Å². The van der Waals surface area contributed by atoms with Gasteiger partial charge in [-0.3, -0.25) is 0 Å². The molecule has 2 aliphatic rings. The van der Waals surface area contributed by atoms with Gasteiger partial charge in [0.1, 0.15) is 12.4 Å². The molecule has 11 heteroatoms. The van der Waals surface area contributed by atoms with Crippen LogP contribution in [0.5, 0.6) is 5.75 Å². The summed E-state index contributed by atoms with van der Waals surface area (Å²) >= 11 is 0. The standard InChI is InChI=1S/C28H40O8Si3/c1-9-13-15-24(10-2)28(7,8)25-16-18-26(19-17-25)31-20-14-21-38(30)33-23(6)27-22(5)32-37(29,11-3)35-39(12-4,34-27)36-38/h9-19,21-23,27,29-30H,1,3-4,20H2,2,5-8H3/b15-13-,21-14+,24-10+. The van der Waals surface area contributed by atoms with Crippen molar-refractivity contribution in [1.29, 1.82) is 0 Å². The molecule has 2 aliphatic heterocycles. The molecule has 3 rings (SSSR count). The van der Waals surface area contributed by atoms with Crippen molar-refractivity contribution in [2.75, 3.05) is 6.61 Å². The lowest BCUT2D eigenvalue weighted by Gasteiger charge is -2.32. The van der Waals surface area contributed by atoms with Gasteiger partial charge in [0.25, 0.3) is 0 Å². The molecular formula is C28H40O8Si3. The van der Waals surface area contributed by atoms with Gasteiger partial charge in [-0.15, -0.1) is 0 Å². The van der Waals surface area contributed by atoms with E-state index in [0.29, 0.717) is 5.75 Å². The van der Waals surface area contributed by atoms with Crippen LogP contribution >= 0.6 is 0 Å². The van der Waals surface area contributed by atoms with Crippen LogP contribution in [-0.4, -0.2) is 60.9 Å². The molecule has 2 fully saturated rings. The maximum Gasteiger partial charge on any atom is 0.519 e. The number of allylic oxidation sites excluding steroid dienone is 5. The molecule has 0 amide bonds. The first-order valence-electron chi connectivity index (χ1n) is 12.9. The highest BCUT2D eigenvalue weighted by Gasteiger charge is 2.62. The SMILES string of the molecule is C=C/C=C\C(=C/C)C(C)(C)c1ccc(OC/C=C/[Si]2(O)OC(C)C3O[Si](C=C)(O[Si](O)(C=C)OC3C)O2)cc1. The van der Waals surface area contributed by atoms with Crippen LogP contribution in [0, 0.1) is 0 Å². The van der Waals surface area contributed by atoms with Gasteiger partial charge < -0.3 is 35.8 Å². The Morgan fingerprint density at radius 2 is 1.59 bits per heavy atom. The molecule has 6 atom stereocenters. The van der Waals surface area contributed by atoms with Crippen molar-refractivity contribution in [3.63, 3.8) is 0 Å². The van der Waals surface area contributed by atoms with Gasteiger partial charge in [-0.05, 0) is 67.2 Å². The van der Waals surface area contributed by atoms with Crippen molar-refractivity contribution in [2.45, 2.75) is 58.3 Å². The second kappa shape index (κ2) is 12.6. The summed E-state index contributed by atoms with van der Waals surface area (Å²) in [6, 6.07) is 7.91. The normalized spacial score (nSPS) is 33.9. The maximum atomic E-state index is 11.4. The number of fused-ring (bicyclic) bond motifs is 2. The van der Waals surface area contributed by atoms with E-state index in [1.807, 2.05) is 37.3 Å². The minimum atomic E-state index is -3.97. The molecule has 0 saturated carbocycles. The molecule has 0 spiro atoms. The first-order valence-corrected chi connectivity index (χ1v) is 18.4. The Kier molecular flexibility index (Phi) is 10.1. The summed E-state index contributed by atoms with van der Waals surface area (Å²) in [7, 11) is -11.6. The fourth-order valence-corrected chi connectivity index (χ4v) is 13.2. The molecule has 2 N–H and O–H groups in total. The lowest BCUT2D eigenvalue weighted by atomic mass is 9.77. The van der Waals surface area contributed by atoms with Crippen molar-refractivity contribution >= 4 is 26.4 Å². The molecule has 1 aromatic carbocycles. The van der Waals surface area contributed by atoms with Crippen LogP contribution < -0.4 is 4.74 Å². The molecule has 1 aromatic rings. The second-order valence-electron chi connectivity index (χ2n) is 9.91. The molecule has 0 aliphatic carbocycles. The molecular weight excluding hydrogens is 549 g/mol. The van der Waals surface area contributed by atoms with E-state index in [2.05, 4.69) is 45.7 Å². The minimum Gasteiger partial charge on any atom is -0.490 e. The summed E-state index contributed by atoms with van der Waals surface area (Å²) in [6.45, 7) is 21.2. The molecule has 212 valence electrons. The van der Waals surface area contributed by atoms with Crippen LogP contribution in [0.2, 0.25) is 0 Å². The van der Waals surface area contributed by atoms with E-state index in [1.165, 1.54) is 22.7 Å². The monoisotopic (exact) mass is 588 g/mol. The number of hydrogen-bond acceptors (Lipinski definition) is 8. The van der Waals surface area contributed by atoms with Gasteiger partial charge >= 0.3 is 26.4 Å². The quantitative estimate of drug-likeness (QED) is 0.302. The summed E-state index contributed by atoms with van der Waals surface area (Å²) in [5.41, 5.74) is 6.20. The van der Waals surface area contributed by atoms with Crippen LogP contribution in [0.15, 0.2) is 97.1 Å². The lowest BCUT2D eigenvalue weighted by Crippen LogP contribution is -2.59. The number of hydrogen-bond donors (Lipinski definition) is 2. The third-order valence-electron chi connectivity index (χ3n) is 6.72. The number of ether oxygens (including phenoxy) is 1. The Hall–Kier alpha value is -2.17. The van der Waals surface area contributed by atoms with Crippen LogP contribution in [0.4, 0.5) is 0 Å². The third kappa shape index (κ3) is 7.32. The average molecular weight is 589 g/mol.